The molecule has 0 aliphatic carbocycles. The largest absolute Gasteiger partial charge is 0.478 e. The Morgan fingerprint density at radius 1 is 1.33 bits per heavy atom. The highest BCUT2D eigenvalue weighted by Gasteiger charge is 2.08. The molecule has 2 rings (SSSR count). The quantitative estimate of drug-likeness (QED) is 0.849. The average Bonchev–Trinajstić information content (AvgIpc) is 2.49. The average molecular weight is 287 g/mol. The summed E-state index contributed by atoms with van der Waals surface area (Å²) in [7, 11) is 0. The minimum Gasteiger partial charge on any atom is -0.478 e. The van der Waals surface area contributed by atoms with Crippen molar-refractivity contribution in [1.29, 1.82) is 0 Å². The lowest BCUT2D eigenvalue weighted by Gasteiger charge is -2.09. The first-order chi connectivity index (χ1) is 10.1. The van der Waals surface area contributed by atoms with Crippen molar-refractivity contribution in [1.82, 2.24) is 9.97 Å². The number of rotatable bonds is 6. The van der Waals surface area contributed by atoms with Gasteiger partial charge < -0.3 is 15.2 Å². The van der Waals surface area contributed by atoms with Crippen LogP contribution in [0.15, 0.2) is 30.5 Å². The fourth-order valence-corrected chi connectivity index (χ4v) is 1.79. The molecule has 0 radical (unpaired) electrons. The van der Waals surface area contributed by atoms with Gasteiger partial charge in [-0.1, -0.05) is 6.92 Å². The summed E-state index contributed by atoms with van der Waals surface area (Å²) in [6.07, 6.45) is 2.28. The van der Waals surface area contributed by atoms with Crippen molar-refractivity contribution in [3.05, 3.63) is 41.7 Å². The number of hydrogen-bond acceptors (Lipinski definition) is 5. The van der Waals surface area contributed by atoms with Crippen molar-refractivity contribution < 1.29 is 14.6 Å². The Morgan fingerprint density at radius 2 is 2.14 bits per heavy atom. The molecule has 6 heteroatoms. The zero-order chi connectivity index (χ0) is 15.2. The molecule has 2 N–H and O–H groups in total. The van der Waals surface area contributed by atoms with E-state index in [0.29, 0.717) is 24.7 Å². The van der Waals surface area contributed by atoms with Gasteiger partial charge in [-0.15, -0.1) is 0 Å². The van der Waals surface area contributed by atoms with E-state index in [4.69, 9.17) is 9.84 Å². The Hall–Kier alpha value is -2.63. The van der Waals surface area contributed by atoms with Crippen LogP contribution in [0, 0.1) is 0 Å². The maximum atomic E-state index is 11.1. The molecule has 0 aromatic carbocycles. The van der Waals surface area contributed by atoms with Crippen LogP contribution in [0.3, 0.4) is 0 Å². The van der Waals surface area contributed by atoms with E-state index in [1.807, 2.05) is 13.8 Å². The molecule has 0 saturated carbocycles. The second-order valence-corrected chi connectivity index (χ2v) is 4.33. The molecular formula is C15H17N3O3. The van der Waals surface area contributed by atoms with Crippen LogP contribution in [0.4, 0.5) is 11.5 Å². The van der Waals surface area contributed by atoms with Crippen LogP contribution in [0.1, 0.15) is 29.9 Å². The molecule has 21 heavy (non-hydrogen) atoms. The smallest absolute Gasteiger partial charge is 0.335 e. The van der Waals surface area contributed by atoms with E-state index in [-0.39, 0.29) is 5.56 Å². The number of aromatic carboxylic acids is 1. The van der Waals surface area contributed by atoms with Crippen LogP contribution in [-0.4, -0.2) is 27.7 Å². The number of hydrogen-bond donors (Lipinski definition) is 2. The van der Waals surface area contributed by atoms with E-state index in [1.54, 1.807) is 24.4 Å². The van der Waals surface area contributed by atoms with Crippen molar-refractivity contribution >= 4 is 17.5 Å². The predicted octanol–water partition coefficient (Wildman–Crippen LogP) is 2.88. The van der Waals surface area contributed by atoms with Crippen molar-refractivity contribution in [3.63, 3.8) is 0 Å². The number of nitrogens with one attached hydrogen (secondary N) is 1. The van der Waals surface area contributed by atoms with Crippen LogP contribution >= 0.6 is 0 Å². The number of aryl methyl sites for hydroxylation is 1. The summed E-state index contributed by atoms with van der Waals surface area (Å²) < 4.78 is 5.27. The van der Waals surface area contributed by atoms with Crippen LogP contribution in [0.25, 0.3) is 0 Å². The zero-order valence-corrected chi connectivity index (χ0v) is 12.0. The molecule has 0 saturated heterocycles. The minimum absolute atomic E-state index is 0.211. The summed E-state index contributed by atoms with van der Waals surface area (Å²) in [6, 6.07) is 6.62. The number of aromatic nitrogens is 2. The molecule has 0 aliphatic rings. The van der Waals surface area contributed by atoms with Gasteiger partial charge in [-0.05, 0) is 31.5 Å². The number of nitrogens with zero attached hydrogens (tertiary/aromatic N) is 2. The molecule has 0 amide bonds. The van der Waals surface area contributed by atoms with Gasteiger partial charge in [0.1, 0.15) is 5.82 Å². The molecule has 2 aromatic rings. The number of carbonyl (C=O) groups is 1. The molecule has 2 aromatic heterocycles. The molecule has 0 unspecified atom stereocenters. The third-order valence-corrected chi connectivity index (χ3v) is 2.79. The van der Waals surface area contributed by atoms with Crippen molar-refractivity contribution in [2.45, 2.75) is 20.3 Å². The molecule has 2 heterocycles. The summed E-state index contributed by atoms with van der Waals surface area (Å²) >= 11 is 0. The third-order valence-electron chi connectivity index (χ3n) is 2.79. The molecular weight excluding hydrogens is 270 g/mol. The molecule has 0 spiro atoms. The SMILES string of the molecule is CCOc1ccc(Nc2cc(C(=O)O)cc(CC)n2)cn1. The van der Waals surface area contributed by atoms with Gasteiger partial charge in [-0.2, -0.15) is 0 Å². The van der Waals surface area contributed by atoms with E-state index in [9.17, 15) is 4.79 Å². The van der Waals surface area contributed by atoms with Gasteiger partial charge in [0.05, 0.1) is 24.1 Å². The highest BCUT2D eigenvalue weighted by atomic mass is 16.5. The minimum atomic E-state index is -0.972. The molecule has 0 atom stereocenters. The summed E-state index contributed by atoms with van der Waals surface area (Å²) in [6.45, 7) is 4.37. The van der Waals surface area contributed by atoms with E-state index in [0.717, 1.165) is 11.4 Å². The molecule has 110 valence electrons. The number of ether oxygens (including phenoxy) is 1. The summed E-state index contributed by atoms with van der Waals surface area (Å²) in [5.41, 5.74) is 1.65. The lowest BCUT2D eigenvalue weighted by molar-refractivity contribution is 0.0696. The third kappa shape index (κ3) is 3.92. The number of anilines is 2. The van der Waals surface area contributed by atoms with Crippen molar-refractivity contribution in [3.8, 4) is 5.88 Å². The summed E-state index contributed by atoms with van der Waals surface area (Å²) in [4.78, 5) is 19.6. The second kappa shape index (κ2) is 6.69. The van der Waals surface area contributed by atoms with Crippen molar-refractivity contribution in [2.24, 2.45) is 0 Å². The fraction of sp³-hybridized carbons (Fsp3) is 0.267. The molecule has 0 fully saturated rings. The second-order valence-electron chi connectivity index (χ2n) is 4.33. The summed E-state index contributed by atoms with van der Waals surface area (Å²) in [5.74, 6) is 0.0576. The first-order valence-corrected chi connectivity index (χ1v) is 6.72. The normalized spacial score (nSPS) is 10.2. The highest BCUT2D eigenvalue weighted by molar-refractivity contribution is 5.88. The number of carboxylic acids is 1. The van der Waals surface area contributed by atoms with Crippen LogP contribution in [0.5, 0.6) is 5.88 Å². The molecule has 0 bridgehead atoms. The Bertz CT molecular complexity index is 627. The monoisotopic (exact) mass is 287 g/mol. The lowest BCUT2D eigenvalue weighted by atomic mass is 10.2. The van der Waals surface area contributed by atoms with Gasteiger partial charge in [0, 0.05) is 11.8 Å². The van der Waals surface area contributed by atoms with E-state index in [2.05, 4.69) is 15.3 Å². The first-order valence-electron chi connectivity index (χ1n) is 6.72. The Kier molecular flexibility index (Phi) is 4.71. The van der Waals surface area contributed by atoms with E-state index in [1.165, 1.54) is 6.07 Å². The molecule has 6 nitrogen and oxygen atoms in total. The topological polar surface area (TPSA) is 84.3 Å². The summed E-state index contributed by atoms with van der Waals surface area (Å²) in [5, 5.41) is 12.2. The van der Waals surface area contributed by atoms with E-state index < -0.39 is 5.97 Å². The Morgan fingerprint density at radius 3 is 2.71 bits per heavy atom. The fourth-order valence-electron chi connectivity index (χ4n) is 1.79. The maximum Gasteiger partial charge on any atom is 0.335 e. The zero-order valence-electron chi connectivity index (χ0n) is 12.0. The van der Waals surface area contributed by atoms with Crippen LogP contribution in [0.2, 0.25) is 0 Å². The van der Waals surface area contributed by atoms with Gasteiger partial charge >= 0.3 is 5.97 Å². The van der Waals surface area contributed by atoms with Gasteiger partial charge in [0.25, 0.3) is 0 Å². The molecule has 0 aliphatic heterocycles. The van der Waals surface area contributed by atoms with E-state index >= 15 is 0 Å². The van der Waals surface area contributed by atoms with Crippen LogP contribution in [-0.2, 0) is 6.42 Å². The predicted molar refractivity (Wildman–Crippen MR) is 79.3 cm³/mol. The van der Waals surface area contributed by atoms with Crippen LogP contribution < -0.4 is 10.1 Å². The Balaban J connectivity index is 2.21. The van der Waals surface area contributed by atoms with Gasteiger partial charge in [0.15, 0.2) is 0 Å². The Labute approximate surface area is 122 Å². The number of carboxylic acid groups (broad SMARTS) is 1. The first kappa shape index (κ1) is 14.8. The van der Waals surface area contributed by atoms with Gasteiger partial charge in [0.2, 0.25) is 5.88 Å². The van der Waals surface area contributed by atoms with Gasteiger partial charge in [-0.3, -0.25) is 0 Å². The van der Waals surface area contributed by atoms with Crippen molar-refractivity contribution in [2.75, 3.05) is 11.9 Å². The highest BCUT2D eigenvalue weighted by Crippen LogP contribution is 2.18. The maximum absolute atomic E-state index is 11.1. The number of pyridine rings is 2. The lowest BCUT2D eigenvalue weighted by Crippen LogP contribution is -2.03. The standard InChI is InChI=1S/C15H17N3O3/c1-3-11-7-10(15(19)20)8-13(17-11)18-12-5-6-14(16-9-12)21-4-2/h5-9H,3-4H2,1-2H3,(H,17,18)(H,19,20). The van der Waals surface area contributed by atoms with Gasteiger partial charge in [-0.25, -0.2) is 14.8 Å².